The average Bonchev–Trinajstić information content (AvgIpc) is 2.34. The second-order valence-corrected chi connectivity index (χ2v) is 7.55. The van der Waals surface area contributed by atoms with E-state index in [1.165, 1.54) is 0 Å². The zero-order valence-corrected chi connectivity index (χ0v) is 12.8. The number of carbonyl (C=O) groups excluding carboxylic acids is 1. The third kappa shape index (κ3) is 2.17. The quantitative estimate of drug-likeness (QED) is 0.692. The van der Waals surface area contributed by atoms with Gasteiger partial charge in [0.2, 0.25) is 0 Å². The highest BCUT2D eigenvalue weighted by molar-refractivity contribution is 5.73. The minimum atomic E-state index is -0.430. The summed E-state index contributed by atoms with van der Waals surface area (Å²) in [4.78, 5) is 12.0. The van der Waals surface area contributed by atoms with E-state index in [-0.39, 0.29) is 47.4 Å². The average molecular weight is 282 g/mol. The molecule has 3 rings (SSSR count). The predicted molar refractivity (Wildman–Crippen MR) is 74.0 cm³/mol. The smallest absolute Gasteiger partial charge is 0.309 e. The summed E-state index contributed by atoms with van der Waals surface area (Å²) in [6.45, 7) is 8.17. The number of hydrogen-bond donors (Lipinski definition) is 1. The number of carbonyl (C=O) groups is 1. The number of esters is 1. The van der Waals surface area contributed by atoms with Crippen LogP contribution < -0.4 is 0 Å². The molecule has 0 bridgehead atoms. The third-order valence-corrected chi connectivity index (χ3v) is 5.77. The van der Waals surface area contributed by atoms with Crippen LogP contribution in [0.25, 0.3) is 0 Å². The van der Waals surface area contributed by atoms with Crippen molar-refractivity contribution in [3.05, 3.63) is 0 Å². The Labute approximate surface area is 120 Å². The lowest BCUT2D eigenvalue weighted by atomic mass is 9.63. The van der Waals surface area contributed by atoms with Gasteiger partial charge in [-0.15, -0.1) is 0 Å². The Balaban J connectivity index is 1.86. The molecule has 4 heteroatoms. The Hall–Kier alpha value is -0.610. The first-order chi connectivity index (χ1) is 9.30. The van der Waals surface area contributed by atoms with Crippen molar-refractivity contribution >= 4 is 5.97 Å². The van der Waals surface area contributed by atoms with Crippen molar-refractivity contribution in [3.8, 4) is 0 Å². The Morgan fingerprint density at radius 1 is 1.30 bits per heavy atom. The molecule has 4 nitrogen and oxygen atoms in total. The summed E-state index contributed by atoms with van der Waals surface area (Å²) in [6, 6.07) is 0. The Morgan fingerprint density at radius 2 is 2.00 bits per heavy atom. The van der Waals surface area contributed by atoms with E-state index in [1.807, 2.05) is 6.92 Å². The van der Waals surface area contributed by atoms with Crippen molar-refractivity contribution in [1.82, 2.24) is 0 Å². The summed E-state index contributed by atoms with van der Waals surface area (Å²) in [6.07, 6.45) is 2.08. The van der Waals surface area contributed by atoms with Gasteiger partial charge in [-0.3, -0.25) is 4.79 Å². The number of ether oxygens (including phenoxy) is 2. The highest BCUT2D eigenvalue weighted by Gasteiger charge is 2.55. The van der Waals surface area contributed by atoms with Gasteiger partial charge in [-0.05, 0) is 32.6 Å². The fraction of sp³-hybridized carbons (Fsp3) is 0.938. The number of aliphatic hydroxyl groups is 1. The van der Waals surface area contributed by atoms with Crippen molar-refractivity contribution in [1.29, 1.82) is 0 Å². The minimum absolute atomic E-state index is 0.0170. The maximum absolute atomic E-state index is 12.0. The van der Waals surface area contributed by atoms with Gasteiger partial charge in [0, 0.05) is 18.3 Å². The van der Waals surface area contributed by atoms with Crippen LogP contribution in [0.3, 0.4) is 0 Å². The lowest BCUT2D eigenvalue weighted by Crippen LogP contribution is -2.60. The zero-order valence-electron chi connectivity index (χ0n) is 12.8. The topological polar surface area (TPSA) is 55.8 Å². The highest BCUT2D eigenvalue weighted by Crippen LogP contribution is 2.48. The van der Waals surface area contributed by atoms with Crippen LogP contribution in [0.15, 0.2) is 0 Å². The number of hydrogen-bond acceptors (Lipinski definition) is 4. The molecule has 2 heterocycles. The summed E-state index contributed by atoms with van der Waals surface area (Å²) in [7, 11) is 0. The fourth-order valence-electron chi connectivity index (χ4n) is 4.36. The largest absolute Gasteiger partial charge is 0.461 e. The Bertz CT molecular complexity index is 405. The van der Waals surface area contributed by atoms with E-state index in [2.05, 4.69) is 20.8 Å². The number of rotatable bonds is 0. The molecule has 7 atom stereocenters. The number of aliphatic hydroxyl groups excluding tert-OH is 1. The molecule has 1 saturated carbocycles. The Kier molecular flexibility index (Phi) is 3.37. The van der Waals surface area contributed by atoms with E-state index in [1.54, 1.807) is 0 Å². The first kappa shape index (κ1) is 14.3. The van der Waals surface area contributed by atoms with Crippen LogP contribution in [-0.4, -0.2) is 35.0 Å². The highest BCUT2D eigenvalue weighted by atomic mass is 16.6. The summed E-state index contributed by atoms with van der Waals surface area (Å²) in [5, 5.41) is 10.5. The van der Waals surface area contributed by atoms with Crippen molar-refractivity contribution in [3.63, 3.8) is 0 Å². The molecule has 3 fully saturated rings. The van der Waals surface area contributed by atoms with E-state index in [9.17, 15) is 9.90 Å². The van der Waals surface area contributed by atoms with Crippen LogP contribution in [0, 0.1) is 23.7 Å². The van der Waals surface area contributed by atoms with E-state index < -0.39 is 6.10 Å². The molecule has 0 aromatic heterocycles. The molecule has 0 amide bonds. The predicted octanol–water partition coefficient (Wildman–Crippen LogP) is 2.14. The molecule has 2 aliphatic heterocycles. The molecule has 114 valence electrons. The monoisotopic (exact) mass is 282 g/mol. The van der Waals surface area contributed by atoms with Gasteiger partial charge >= 0.3 is 5.97 Å². The maximum Gasteiger partial charge on any atom is 0.309 e. The van der Waals surface area contributed by atoms with Crippen LogP contribution in [0.4, 0.5) is 0 Å². The summed E-state index contributed by atoms with van der Waals surface area (Å²) in [5.41, 5.74) is -0.134. The molecule has 1 aliphatic carbocycles. The second-order valence-electron chi connectivity index (χ2n) is 7.55. The number of fused-ring (bicyclic) bond motifs is 3. The van der Waals surface area contributed by atoms with E-state index >= 15 is 0 Å². The first-order valence-corrected chi connectivity index (χ1v) is 7.86. The van der Waals surface area contributed by atoms with Crippen LogP contribution in [0.5, 0.6) is 0 Å². The van der Waals surface area contributed by atoms with Crippen LogP contribution in [-0.2, 0) is 14.3 Å². The van der Waals surface area contributed by atoms with Crippen molar-refractivity contribution in [2.75, 3.05) is 0 Å². The third-order valence-electron chi connectivity index (χ3n) is 5.77. The molecule has 0 spiro atoms. The van der Waals surface area contributed by atoms with E-state index in [0.717, 1.165) is 12.8 Å². The molecule has 20 heavy (non-hydrogen) atoms. The molecular weight excluding hydrogens is 256 g/mol. The van der Waals surface area contributed by atoms with Gasteiger partial charge in [-0.2, -0.15) is 0 Å². The minimum Gasteiger partial charge on any atom is -0.461 e. The van der Waals surface area contributed by atoms with Gasteiger partial charge in [-0.25, -0.2) is 0 Å². The summed E-state index contributed by atoms with van der Waals surface area (Å²) in [5.74, 6) is 0.246. The van der Waals surface area contributed by atoms with Gasteiger partial charge in [0.25, 0.3) is 0 Å². The zero-order chi connectivity index (χ0) is 14.7. The Morgan fingerprint density at radius 3 is 2.70 bits per heavy atom. The van der Waals surface area contributed by atoms with Crippen LogP contribution >= 0.6 is 0 Å². The molecule has 0 aromatic rings. The summed E-state index contributed by atoms with van der Waals surface area (Å²) < 4.78 is 11.8. The lowest BCUT2D eigenvalue weighted by Gasteiger charge is -2.54. The standard InChI is InChI=1S/C16H26O4/c1-8-9(2)15(18)19-14-10-5-6-16(3,4)20-12(10)7-11(17)13(8)14/h8-14,17H,5-7H2,1-4H3. The van der Waals surface area contributed by atoms with Crippen LogP contribution in [0.1, 0.15) is 47.0 Å². The molecule has 7 unspecified atom stereocenters. The van der Waals surface area contributed by atoms with E-state index in [0.29, 0.717) is 6.42 Å². The fourth-order valence-corrected chi connectivity index (χ4v) is 4.36. The SMILES string of the molecule is CC1C(=O)OC2C3CCC(C)(C)OC3CC(O)C2C1C. The van der Waals surface area contributed by atoms with Gasteiger partial charge in [0.15, 0.2) is 0 Å². The molecule has 2 saturated heterocycles. The van der Waals surface area contributed by atoms with Gasteiger partial charge in [0.05, 0.1) is 23.7 Å². The first-order valence-electron chi connectivity index (χ1n) is 7.86. The molecular formula is C16H26O4. The molecule has 3 aliphatic rings. The molecule has 1 N–H and O–H groups in total. The summed E-state index contributed by atoms with van der Waals surface area (Å²) >= 11 is 0. The van der Waals surface area contributed by atoms with Gasteiger partial charge in [-0.1, -0.05) is 13.8 Å². The molecule has 0 aromatic carbocycles. The van der Waals surface area contributed by atoms with Crippen molar-refractivity contribution < 1.29 is 19.4 Å². The van der Waals surface area contributed by atoms with E-state index in [4.69, 9.17) is 9.47 Å². The maximum atomic E-state index is 12.0. The van der Waals surface area contributed by atoms with Gasteiger partial charge in [0.1, 0.15) is 6.10 Å². The molecule has 0 radical (unpaired) electrons. The van der Waals surface area contributed by atoms with Crippen molar-refractivity contribution in [2.24, 2.45) is 23.7 Å². The van der Waals surface area contributed by atoms with Gasteiger partial charge < -0.3 is 14.6 Å². The van der Waals surface area contributed by atoms with Crippen molar-refractivity contribution in [2.45, 2.75) is 70.9 Å². The second kappa shape index (κ2) is 4.70. The van der Waals surface area contributed by atoms with Crippen LogP contribution in [0.2, 0.25) is 0 Å². The lowest BCUT2D eigenvalue weighted by molar-refractivity contribution is -0.237. The normalized spacial score (nSPS) is 50.9.